The molecule has 0 aromatic carbocycles. The predicted octanol–water partition coefficient (Wildman–Crippen LogP) is 2.47. The third kappa shape index (κ3) is 3.87. The van der Waals surface area contributed by atoms with Gasteiger partial charge in [-0.3, -0.25) is 4.68 Å². The van der Waals surface area contributed by atoms with Gasteiger partial charge in [0.15, 0.2) is 0 Å². The highest BCUT2D eigenvalue weighted by Gasteiger charge is 2.13. The molecule has 0 radical (unpaired) electrons. The molecule has 0 aliphatic rings. The summed E-state index contributed by atoms with van der Waals surface area (Å²) in [5, 5.41) is 14.7. The van der Waals surface area contributed by atoms with Crippen molar-refractivity contribution in [2.45, 2.75) is 45.1 Å². The van der Waals surface area contributed by atoms with Crippen molar-refractivity contribution in [2.75, 3.05) is 5.75 Å². The quantitative estimate of drug-likeness (QED) is 0.813. The van der Waals surface area contributed by atoms with E-state index in [9.17, 15) is 5.11 Å². The highest BCUT2D eigenvalue weighted by molar-refractivity contribution is 7.99. The summed E-state index contributed by atoms with van der Waals surface area (Å²) in [6, 6.07) is 1.90. The van der Waals surface area contributed by atoms with Crippen LogP contribution in [-0.2, 0) is 6.54 Å². The van der Waals surface area contributed by atoms with Gasteiger partial charge >= 0.3 is 0 Å². The molecular formula is C11H20N2OS. The van der Waals surface area contributed by atoms with Crippen LogP contribution >= 0.6 is 11.8 Å². The van der Waals surface area contributed by atoms with E-state index in [0.717, 1.165) is 24.4 Å². The zero-order valence-electron chi connectivity index (χ0n) is 9.68. The number of aliphatic hydroxyl groups excluding tert-OH is 1. The molecule has 1 aromatic heterocycles. The lowest BCUT2D eigenvalue weighted by Gasteiger charge is -2.13. The van der Waals surface area contributed by atoms with E-state index in [-0.39, 0.29) is 0 Å². The summed E-state index contributed by atoms with van der Waals surface area (Å²) < 4.78 is 1.89. The normalized spacial score (nSPS) is 13.4. The number of aryl methyl sites for hydroxylation is 1. The second-order valence-electron chi connectivity index (χ2n) is 3.88. The molecule has 4 heteroatoms. The Morgan fingerprint density at radius 3 is 2.87 bits per heavy atom. The summed E-state index contributed by atoms with van der Waals surface area (Å²) in [5.74, 6) is 0.743. The first-order valence-corrected chi connectivity index (χ1v) is 6.51. The zero-order valence-corrected chi connectivity index (χ0v) is 10.5. The summed E-state index contributed by atoms with van der Waals surface area (Å²) in [5.41, 5.74) is 0.935. The van der Waals surface area contributed by atoms with Crippen LogP contribution in [0.2, 0.25) is 0 Å². The molecule has 1 atom stereocenters. The molecule has 1 aromatic rings. The van der Waals surface area contributed by atoms with E-state index in [2.05, 4.69) is 25.9 Å². The molecule has 15 heavy (non-hydrogen) atoms. The van der Waals surface area contributed by atoms with Gasteiger partial charge in [0.05, 0.1) is 5.69 Å². The van der Waals surface area contributed by atoms with Crippen molar-refractivity contribution < 1.29 is 5.11 Å². The second-order valence-corrected chi connectivity index (χ2v) is 5.49. The molecule has 1 unspecified atom stereocenters. The minimum atomic E-state index is -0.397. The monoisotopic (exact) mass is 228 g/mol. The van der Waals surface area contributed by atoms with Gasteiger partial charge in [0, 0.05) is 18.5 Å². The lowest BCUT2D eigenvalue weighted by atomic mass is 10.3. The van der Waals surface area contributed by atoms with Gasteiger partial charge in [-0.25, -0.2) is 0 Å². The number of hydrogen-bond acceptors (Lipinski definition) is 3. The van der Waals surface area contributed by atoms with Crippen molar-refractivity contribution >= 4 is 11.8 Å². The minimum absolute atomic E-state index is 0.397. The van der Waals surface area contributed by atoms with E-state index >= 15 is 0 Å². The molecule has 3 nitrogen and oxygen atoms in total. The molecule has 1 heterocycles. The van der Waals surface area contributed by atoms with Crippen molar-refractivity contribution in [1.29, 1.82) is 0 Å². The van der Waals surface area contributed by atoms with E-state index < -0.39 is 6.10 Å². The van der Waals surface area contributed by atoms with Crippen LogP contribution in [-0.4, -0.2) is 25.9 Å². The van der Waals surface area contributed by atoms with Crippen LogP contribution in [0.5, 0.6) is 0 Å². The first-order chi connectivity index (χ1) is 7.15. The first-order valence-electron chi connectivity index (χ1n) is 5.46. The van der Waals surface area contributed by atoms with Crippen molar-refractivity contribution in [3.63, 3.8) is 0 Å². The van der Waals surface area contributed by atoms with Crippen LogP contribution in [0.1, 0.15) is 39.0 Å². The SMILES string of the molecule is CCCn1nccc1C(O)CSC(C)C. The third-order valence-corrected chi connectivity index (χ3v) is 3.29. The molecule has 0 spiro atoms. The molecule has 1 N–H and O–H groups in total. The largest absolute Gasteiger partial charge is 0.386 e. The Bertz CT molecular complexity index is 286. The van der Waals surface area contributed by atoms with Crippen molar-refractivity contribution in [2.24, 2.45) is 0 Å². The van der Waals surface area contributed by atoms with Crippen LogP contribution in [0.25, 0.3) is 0 Å². The number of aliphatic hydroxyl groups is 1. The number of rotatable bonds is 6. The fraction of sp³-hybridized carbons (Fsp3) is 0.727. The Morgan fingerprint density at radius 1 is 1.53 bits per heavy atom. The Hall–Kier alpha value is -0.480. The molecule has 86 valence electrons. The summed E-state index contributed by atoms with van der Waals surface area (Å²) in [7, 11) is 0. The van der Waals surface area contributed by atoms with Gasteiger partial charge in [0.25, 0.3) is 0 Å². The summed E-state index contributed by atoms with van der Waals surface area (Å²) >= 11 is 1.77. The maximum atomic E-state index is 9.98. The molecule has 0 fully saturated rings. The van der Waals surface area contributed by atoms with Gasteiger partial charge in [0.1, 0.15) is 6.10 Å². The van der Waals surface area contributed by atoms with E-state index in [4.69, 9.17) is 0 Å². The van der Waals surface area contributed by atoms with Crippen LogP contribution in [0.15, 0.2) is 12.3 Å². The number of nitrogens with zero attached hydrogens (tertiary/aromatic N) is 2. The number of aromatic nitrogens is 2. The Balaban J connectivity index is 2.56. The van der Waals surface area contributed by atoms with E-state index in [1.54, 1.807) is 18.0 Å². The number of thioether (sulfide) groups is 1. The van der Waals surface area contributed by atoms with Gasteiger partial charge in [-0.1, -0.05) is 20.8 Å². The van der Waals surface area contributed by atoms with Crippen LogP contribution < -0.4 is 0 Å². The Kier molecular flexibility index (Phi) is 5.19. The fourth-order valence-corrected chi connectivity index (χ4v) is 2.13. The summed E-state index contributed by atoms with van der Waals surface area (Å²) in [6.07, 6.45) is 2.40. The molecule has 1 rings (SSSR count). The average Bonchev–Trinajstić information content (AvgIpc) is 2.63. The third-order valence-electron chi connectivity index (χ3n) is 2.11. The van der Waals surface area contributed by atoms with Gasteiger partial charge in [-0.2, -0.15) is 16.9 Å². The van der Waals surface area contributed by atoms with Gasteiger partial charge in [-0.05, 0) is 17.7 Å². The lowest BCUT2D eigenvalue weighted by molar-refractivity contribution is 0.191. The molecule has 0 bridgehead atoms. The van der Waals surface area contributed by atoms with Crippen LogP contribution in [0.3, 0.4) is 0 Å². The Morgan fingerprint density at radius 2 is 2.27 bits per heavy atom. The molecular weight excluding hydrogens is 208 g/mol. The molecule has 0 aliphatic carbocycles. The minimum Gasteiger partial charge on any atom is -0.386 e. The van der Waals surface area contributed by atoms with Crippen LogP contribution in [0.4, 0.5) is 0 Å². The van der Waals surface area contributed by atoms with Crippen LogP contribution in [0, 0.1) is 0 Å². The zero-order chi connectivity index (χ0) is 11.3. The standard InChI is InChI=1S/C11H20N2OS/c1-4-7-13-10(5-6-12-13)11(14)8-15-9(2)3/h5-6,9,11,14H,4,7-8H2,1-3H3. The van der Waals surface area contributed by atoms with Crippen molar-refractivity contribution in [3.8, 4) is 0 Å². The summed E-state index contributed by atoms with van der Waals surface area (Å²) in [6.45, 7) is 7.27. The average molecular weight is 228 g/mol. The molecule has 0 aliphatic heterocycles. The smallest absolute Gasteiger partial charge is 0.105 e. The van der Waals surface area contributed by atoms with E-state index in [1.807, 2.05) is 10.7 Å². The van der Waals surface area contributed by atoms with Crippen molar-refractivity contribution in [1.82, 2.24) is 9.78 Å². The molecule has 0 saturated heterocycles. The summed E-state index contributed by atoms with van der Waals surface area (Å²) in [4.78, 5) is 0. The number of hydrogen-bond donors (Lipinski definition) is 1. The van der Waals surface area contributed by atoms with Gasteiger partial charge in [-0.15, -0.1) is 0 Å². The van der Waals surface area contributed by atoms with E-state index in [1.165, 1.54) is 0 Å². The predicted molar refractivity (Wildman–Crippen MR) is 65.1 cm³/mol. The first kappa shape index (κ1) is 12.6. The Labute approximate surface area is 95.9 Å². The highest BCUT2D eigenvalue weighted by Crippen LogP contribution is 2.20. The second kappa shape index (κ2) is 6.18. The lowest BCUT2D eigenvalue weighted by Crippen LogP contribution is -2.11. The highest BCUT2D eigenvalue weighted by atomic mass is 32.2. The maximum Gasteiger partial charge on any atom is 0.105 e. The topological polar surface area (TPSA) is 38.0 Å². The maximum absolute atomic E-state index is 9.98. The van der Waals surface area contributed by atoms with E-state index in [0.29, 0.717) is 5.25 Å². The van der Waals surface area contributed by atoms with Gasteiger partial charge < -0.3 is 5.11 Å². The fourth-order valence-electron chi connectivity index (χ4n) is 1.39. The molecule has 0 saturated carbocycles. The van der Waals surface area contributed by atoms with Crippen molar-refractivity contribution in [3.05, 3.63) is 18.0 Å². The molecule has 0 amide bonds. The van der Waals surface area contributed by atoms with Gasteiger partial charge in [0.2, 0.25) is 0 Å².